The van der Waals surface area contributed by atoms with Gasteiger partial charge in [0.05, 0.1) is 12.2 Å². The van der Waals surface area contributed by atoms with Gasteiger partial charge in [-0.3, -0.25) is 4.99 Å². The maximum atomic E-state index is 14.0. The van der Waals surface area contributed by atoms with Crippen LogP contribution in [0.3, 0.4) is 0 Å². The van der Waals surface area contributed by atoms with Gasteiger partial charge in [-0.15, -0.1) is 24.0 Å². The predicted octanol–water partition coefficient (Wildman–Crippen LogP) is 3.64. The average Bonchev–Trinajstić information content (AvgIpc) is 3.28. The molecule has 2 heterocycles. The fourth-order valence-corrected chi connectivity index (χ4v) is 3.12. The molecule has 0 radical (unpaired) electrons. The zero-order chi connectivity index (χ0) is 19.4. The van der Waals surface area contributed by atoms with Gasteiger partial charge in [-0.2, -0.15) is 0 Å². The molecule has 9 heteroatoms. The second kappa shape index (κ2) is 10.0. The Morgan fingerprint density at radius 3 is 2.68 bits per heavy atom. The molecule has 1 atom stereocenters. The van der Waals surface area contributed by atoms with E-state index in [4.69, 9.17) is 4.52 Å². The Hall–Kier alpha value is -1.91. The number of anilines is 1. The third kappa shape index (κ3) is 5.33. The Labute approximate surface area is 180 Å². The smallest absolute Gasteiger partial charge is 0.191 e. The number of benzene rings is 1. The largest absolute Gasteiger partial charge is 0.365 e. The first kappa shape index (κ1) is 22.4. The Balaban J connectivity index is 0.00000280. The van der Waals surface area contributed by atoms with Crippen LogP contribution in [0, 0.1) is 11.6 Å². The number of para-hydroxylation sites is 1. The van der Waals surface area contributed by atoms with Gasteiger partial charge in [-0.1, -0.05) is 25.1 Å². The summed E-state index contributed by atoms with van der Waals surface area (Å²) in [4.78, 5) is 5.93. The Bertz CT molecular complexity index is 791. The number of nitrogens with zero attached hydrogens (tertiary/aromatic N) is 3. The summed E-state index contributed by atoms with van der Waals surface area (Å²) in [5.74, 6) is 0.568. The molecule has 0 aliphatic carbocycles. The summed E-state index contributed by atoms with van der Waals surface area (Å²) >= 11 is 0. The number of rotatable bonds is 5. The van der Waals surface area contributed by atoms with Crippen molar-refractivity contribution in [1.29, 1.82) is 0 Å². The van der Waals surface area contributed by atoms with Crippen molar-refractivity contribution in [2.75, 3.05) is 25.0 Å². The third-order valence-corrected chi connectivity index (χ3v) is 4.61. The van der Waals surface area contributed by atoms with Crippen LogP contribution in [0.5, 0.6) is 0 Å². The molecule has 154 valence electrons. The number of halogens is 3. The highest BCUT2D eigenvalue weighted by Crippen LogP contribution is 2.26. The molecule has 1 fully saturated rings. The van der Waals surface area contributed by atoms with Gasteiger partial charge < -0.3 is 20.1 Å². The van der Waals surface area contributed by atoms with Crippen molar-refractivity contribution in [3.63, 3.8) is 0 Å². The van der Waals surface area contributed by atoms with Crippen LogP contribution >= 0.6 is 24.0 Å². The lowest BCUT2D eigenvalue weighted by Crippen LogP contribution is -2.44. The lowest BCUT2D eigenvalue weighted by Gasteiger charge is -2.21. The number of hydrogen-bond donors (Lipinski definition) is 2. The summed E-state index contributed by atoms with van der Waals surface area (Å²) in [5.41, 5.74) is 0.945. The molecule has 1 saturated heterocycles. The van der Waals surface area contributed by atoms with E-state index >= 15 is 0 Å². The molecule has 1 aromatic heterocycles. The van der Waals surface area contributed by atoms with Crippen LogP contribution in [0.1, 0.15) is 37.6 Å². The van der Waals surface area contributed by atoms with Crippen molar-refractivity contribution in [2.24, 2.45) is 4.99 Å². The van der Waals surface area contributed by atoms with Gasteiger partial charge in [-0.05, 0) is 24.5 Å². The van der Waals surface area contributed by atoms with Crippen LogP contribution < -0.4 is 15.5 Å². The van der Waals surface area contributed by atoms with Crippen LogP contribution in [0.2, 0.25) is 0 Å². The molecule has 0 saturated carbocycles. The molecule has 2 N–H and O–H groups in total. The number of aromatic nitrogens is 1. The zero-order valence-electron chi connectivity index (χ0n) is 16.2. The van der Waals surface area contributed by atoms with E-state index in [-0.39, 0.29) is 35.7 Å². The van der Waals surface area contributed by atoms with Crippen molar-refractivity contribution >= 4 is 35.6 Å². The quantitative estimate of drug-likeness (QED) is 0.369. The number of nitrogens with one attached hydrogen (secondary N) is 2. The summed E-state index contributed by atoms with van der Waals surface area (Å²) in [5, 5.41) is 10.5. The number of aliphatic imine (C=N–C) groups is 1. The second-order valence-corrected chi connectivity index (χ2v) is 6.94. The monoisotopic (exact) mass is 505 g/mol. The summed E-state index contributed by atoms with van der Waals surface area (Å²) < 4.78 is 33.2. The van der Waals surface area contributed by atoms with E-state index < -0.39 is 11.6 Å². The van der Waals surface area contributed by atoms with E-state index in [0.717, 1.165) is 17.9 Å². The van der Waals surface area contributed by atoms with Gasteiger partial charge in [0.2, 0.25) is 0 Å². The summed E-state index contributed by atoms with van der Waals surface area (Å²) in [7, 11) is 1.68. The summed E-state index contributed by atoms with van der Waals surface area (Å²) in [6, 6.07) is 5.89. The number of guanidine groups is 1. The molecule has 1 aliphatic heterocycles. The molecule has 3 rings (SSSR count). The standard InChI is InChI=1S/C19H25F2N5O.HI/c1-12(2)17-9-14(27-25-17)10-23-19(22-3)24-13-7-8-26(11-13)18-15(20)5-4-6-16(18)21;/h4-6,9,12-13H,7-8,10-11H2,1-3H3,(H2,22,23,24);1H. The van der Waals surface area contributed by atoms with Gasteiger partial charge in [0, 0.05) is 32.2 Å². The molecular formula is C19H26F2IN5O. The molecule has 0 spiro atoms. The summed E-state index contributed by atoms with van der Waals surface area (Å²) in [6.45, 7) is 5.64. The first-order valence-corrected chi connectivity index (χ1v) is 9.09. The fourth-order valence-electron chi connectivity index (χ4n) is 3.12. The lowest BCUT2D eigenvalue weighted by atomic mass is 10.1. The molecule has 1 unspecified atom stereocenters. The maximum Gasteiger partial charge on any atom is 0.191 e. The predicted molar refractivity (Wildman–Crippen MR) is 116 cm³/mol. The maximum absolute atomic E-state index is 14.0. The van der Waals surface area contributed by atoms with Gasteiger partial charge in [-0.25, -0.2) is 8.78 Å². The van der Waals surface area contributed by atoms with Crippen molar-refractivity contribution in [3.8, 4) is 0 Å². The second-order valence-electron chi connectivity index (χ2n) is 6.94. The molecule has 0 amide bonds. The highest BCUT2D eigenvalue weighted by Gasteiger charge is 2.27. The molecule has 0 bridgehead atoms. The van der Waals surface area contributed by atoms with E-state index in [1.807, 2.05) is 6.07 Å². The van der Waals surface area contributed by atoms with Crippen LogP contribution in [0.25, 0.3) is 0 Å². The molecule has 6 nitrogen and oxygen atoms in total. The average molecular weight is 505 g/mol. The SMILES string of the molecule is CN=C(NCc1cc(C(C)C)no1)NC1CCN(c2c(F)cccc2F)C1.I. The summed E-state index contributed by atoms with van der Waals surface area (Å²) in [6.07, 6.45) is 0.758. The van der Waals surface area contributed by atoms with Crippen molar-refractivity contribution in [2.45, 2.75) is 38.8 Å². The minimum absolute atomic E-state index is 0. The van der Waals surface area contributed by atoms with Crippen LogP contribution in [-0.2, 0) is 6.54 Å². The van der Waals surface area contributed by atoms with Crippen LogP contribution in [0.4, 0.5) is 14.5 Å². The van der Waals surface area contributed by atoms with E-state index in [0.29, 0.717) is 31.5 Å². The topological polar surface area (TPSA) is 65.7 Å². The number of hydrogen-bond acceptors (Lipinski definition) is 4. The Morgan fingerprint density at radius 1 is 1.36 bits per heavy atom. The molecule has 1 aromatic carbocycles. The minimum atomic E-state index is -0.538. The van der Waals surface area contributed by atoms with E-state index in [1.165, 1.54) is 18.2 Å². The van der Waals surface area contributed by atoms with Gasteiger partial charge >= 0.3 is 0 Å². The molecule has 1 aliphatic rings. The van der Waals surface area contributed by atoms with Crippen molar-refractivity contribution in [1.82, 2.24) is 15.8 Å². The highest BCUT2D eigenvalue weighted by atomic mass is 127. The normalized spacial score (nSPS) is 17.0. The van der Waals surface area contributed by atoms with Gasteiger partial charge in [0.25, 0.3) is 0 Å². The highest BCUT2D eigenvalue weighted by molar-refractivity contribution is 14.0. The fraction of sp³-hybridized carbons (Fsp3) is 0.474. The zero-order valence-corrected chi connectivity index (χ0v) is 18.5. The van der Waals surface area contributed by atoms with E-state index in [2.05, 4.69) is 34.6 Å². The Kier molecular flexibility index (Phi) is 8.02. The van der Waals surface area contributed by atoms with Crippen LogP contribution in [0.15, 0.2) is 33.8 Å². The molecular weight excluding hydrogens is 479 g/mol. The third-order valence-electron chi connectivity index (χ3n) is 4.61. The van der Waals surface area contributed by atoms with Gasteiger partial charge in [0.15, 0.2) is 11.7 Å². The molecule has 28 heavy (non-hydrogen) atoms. The molecule has 2 aromatic rings. The first-order chi connectivity index (χ1) is 13.0. The van der Waals surface area contributed by atoms with Crippen LogP contribution in [-0.4, -0.2) is 37.3 Å². The van der Waals surface area contributed by atoms with Crippen molar-refractivity contribution in [3.05, 3.63) is 47.4 Å². The lowest BCUT2D eigenvalue weighted by molar-refractivity contribution is 0.371. The first-order valence-electron chi connectivity index (χ1n) is 9.09. The van der Waals surface area contributed by atoms with E-state index in [9.17, 15) is 8.78 Å². The van der Waals surface area contributed by atoms with Crippen molar-refractivity contribution < 1.29 is 13.3 Å². The minimum Gasteiger partial charge on any atom is -0.365 e. The van der Waals surface area contributed by atoms with E-state index in [1.54, 1.807) is 11.9 Å². The Morgan fingerprint density at radius 2 is 2.07 bits per heavy atom. The van der Waals surface area contributed by atoms with Gasteiger partial charge in [0.1, 0.15) is 17.3 Å².